The van der Waals surface area contributed by atoms with E-state index >= 15 is 0 Å². The van der Waals surface area contributed by atoms with E-state index in [9.17, 15) is 0 Å². The van der Waals surface area contributed by atoms with Gasteiger partial charge in [0.1, 0.15) is 0 Å². The van der Waals surface area contributed by atoms with Crippen LogP contribution in [0.15, 0.2) is 60.8 Å². The van der Waals surface area contributed by atoms with E-state index in [0.717, 1.165) is 18.5 Å². The van der Waals surface area contributed by atoms with Crippen LogP contribution in [0.5, 0.6) is 0 Å². The van der Waals surface area contributed by atoms with Gasteiger partial charge in [-0.1, -0.05) is 42.5 Å². The van der Waals surface area contributed by atoms with Crippen LogP contribution in [0.4, 0.5) is 0 Å². The van der Waals surface area contributed by atoms with Crippen molar-refractivity contribution in [3.05, 3.63) is 77.5 Å². The molecule has 0 N–H and O–H groups in total. The minimum absolute atomic E-state index is 1.07. The highest BCUT2D eigenvalue weighted by Crippen LogP contribution is 2.28. The van der Waals surface area contributed by atoms with Crippen molar-refractivity contribution in [2.45, 2.75) is 32.6 Å². The molecule has 114 valence electrons. The molecule has 2 aromatic carbocycles. The fraction of sp³-hybridized carbons (Fsp3) is 0.227. The van der Waals surface area contributed by atoms with Gasteiger partial charge in [0.05, 0.1) is 5.69 Å². The first-order valence-electron chi connectivity index (χ1n) is 8.45. The Hall–Kier alpha value is -2.41. The predicted octanol–water partition coefficient (Wildman–Crippen LogP) is 5.60. The van der Waals surface area contributed by atoms with E-state index < -0.39 is 0 Å². The third kappa shape index (κ3) is 2.92. The van der Waals surface area contributed by atoms with Crippen molar-refractivity contribution in [2.75, 3.05) is 0 Å². The number of benzene rings is 2. The van der Waals surface area contributed by atoms with Crippen LogP contribution in [0.2, 0.25) is 0 Å². The van der Waals surface area contributed by atoms with E-state index in [-0.39, 0.29) is 0 Å². The molecule has 23 heavy (non-hydrogen) atoms. The largest absolute Gasteiger partial charge is 0.256 e. The van der Waals surface area contributed by atoms with E-state index in [4.69, 9.17) is 4.98 Å². The Morgan fingerprint density at radius 1 is 0.783 bits per heavy atom. The number of aromatic nitrogens is 1. The van der Waals surface area contributed by atoms with Crippen molar-refractivity contribution in [1.82, 2.24) is 4.98 Å². The molecule has 5 rings (SSSR count). The van der Waals surface area contributed by atoms with Crippen LogP contribution >= 0.6 is 0 Å². The molecule has 0 unspecified atom stereocenters. The van der Waals surface area contributed by atoms with Crippen LogP contribution in [0.1, 0.15) is 29.5 Å². The Labute approximate surface area is 138 Å². The summed E-state index contributed by atoms with van der Waals surface area (Å²) in [6, 6.07) is 20.0. The van der Waals surface area contributed by atoms with Gasteiger partial charge in [0.2, 0.25) is 0 Å². The molecular formula is C22H21N. The number of nitrogens with zero attached hydrogens (tertiary/aromatic N) is 1. The molecule has 2 aliphatic rings. The van der Waals surface area contributed by atoms with E-state index in [1.165, 1.54) is 46.2 Å². The number of hydrogen-bond donors (Lipinski definition) is 0. The third-order valence-corrected chi connectivity index (χ3v) is 4.75. The monoisotopic (exact) mass is 299 g/mol. The van der Waals surface area contributed by atoms with Crippen molar-refractivity contribution < 1.29 is 0 Å². The van der Waals surface area contributed by atoms with Crippen molar-refractivity contribution in [3.63, 3.8) is 0 Å². The minimum Gasteiger partial charge on any atom is -0.256 e. The minimum atomic E-state index is 1.07. The molecule has 0 radical (unpaired) electrons. The quantitative estimate of drug-likeness (QED) is 0.526. The summed E-state index contributed by atoms with van der Waals surface area (Å²) >= 11 is 0. The van der Waals surface area contributed by atoms with Crippen LogP contribution < -0.4 is 0 Å². The maximum atomic E-state index is 4.74. The molecule has 3 aromatic rings. The number of hydrogen-bond acceptors (Lipinski definition) is 1. The molecule has 0 spiro atoms. The first kappa shape index (κ1) is 14.2. The normalized spacial score (nSPS) is 13.6. The van der Waals surface area contributed by atoms with Crippen molar-refractivity contribution >= 4 is 0 Å². The summed E-state index contributed by atoms with van der Waals surface area (Å²) in [5, 5.41) is 0. The maximum Gasteiger partial charge on any atom is 0.0705 e. The summed E-state index contributed by atoms with van der Waals surface area (Å²) < 4.78 is 0. The van der Waals surface area contributed by atoms with Gasteiger partial charge in [-0.25, -0.2) is 0 Å². The fourth-order valence-electron chi connectivity index (χ4n) is 3.45. The highest BCUT2D eigenvalue weighted by molar-refractivity contribution is 5.71. The molecule has 2 heterocycles. The van der Waals surface area contributed by atoms with Gasteiger partial charge >= 0.3 is 0 Å². The highest BCUT2D eigenvalue weighted by atomic mass is 14.7. The predicted molar refractivity (Wildman–Crippen MR) is 96.5 cm³/mol. The number of aryl methyl sites for hydroxylation is 3. The third-order valence-electron chi connectivity index (χ3n) is 4.75. The zero-order valence-corrected chi connectivity index (χ0v) is 13.5. The Bertz CT molecular complexity index is 848. The average Bonchev–Trinajstić information content (AvgIpc) is 2.58. The van der Waals surface area contributed by atoms with Gasteiger partial charge in [0.25, 0.3) is 0 Å². The van der Waals surface area contributed by atoms with Gasteiger partial charge in [-0.05, 0) is 67.0 Å². The molecule has 0 saturated heterocycles. The van der Waals surface area contributed by atoms with Crippen LogP contribution in [-0.2, 0) is 12.8 Å². The maximum absolute atomic E-state index is 4.74. The smallest absolute Gasteiger partial charge is 0.0705 e. The van der Waals surface area contributed by atoms with Crippen molar-refractivity contribution in [2.24, 2.45) is 0 Å². The first-order valence-corrected chi connectivity index (χ1v) is 8.45. The summed E-state index contributed by atoms with van der Waals surface area (Å²) in [7, 11) is 0. The summed E-state index contributed by atoms with van der Waals surface area (Å²) in [5.41, 5.74) is 8.95. The zero-order chi connectivity index (χ0) is 15.6. The summed E-state index contributed by atoms with van der Waals surface area (Å²) in [6.07, 6.45) is 6.80. The molecule has 6 bridgehead atoms. The summed E-state index contributed by atoms with van der Waals surface area (Å²) in [6.45, 7) is 2.18. The molecular weight excluding hydrogens is 278 g/mol. The second-order valence-electron chi connectivity index (χ2n) is 6.49. The number of pyridine rings is 1. The Morgan fingerprint density at radius 2 is 1.43 bits per heavy atom. The fourth-order valence-corrected chi connectivity index (χ4v) is 3.45. The average molecular weight is 299 g/mol. The van der Waals surface area contributed by atoms with E-state index in [0.29, 0.717) is 0 Å². The van der Waals surface area contributed by atoms with Gasteiger partial charge in [0, 0.05) is 17.3 Å². The lowest BCUT2D eigenvalue weighted by molar-refractivity contribution is 0.734. The molecule has 1 aromatic heterocycles. The molecule has 0 saturated carbocycles. The topological polar surface area (TPSA) is 12.9 Å². The van der Waals surface area contributed by atoms with Gasteiger partial charge in [-0.15, -0.1) is 0 Å². The van der Waals surface area contributed by atoms with Crippen molar-refractivity contribution in [3.8, 4) is 22.4 Å². The SMILES string of the molecule is Cc1cc2ncc1-c1cccc(c1)CCCCc1cccc-2c1. The molecule has 1 nitrogen and oxygen atoms in total. The van der Waals surface area contributed by atoms with Gasteiger partial charge < -0.3 is 0 Å². The summed E-state index contributed by atoms with van der Waals surface area (Å²) in [4.78, 5) is 4.74. The highest BCUT2D eigenvalue weighted by Gasteiger charge is 2.08. The van der Waals surface area contributed by atoms with E-state index in [1.54, 1.807) is 0 Å². The summed E-state index contributed by atoms with van der Waals surface area (Å²) in [5.74, 6) is 0. The van der Waals surface area contributed by atoms with Crippen molar-refractivity contribution in [1.29, 1.82) is 0 Å². The molecule has 0 atom stereocenters. The lowest BCUT2D eigenvalue weighted by Gasteiger charge is -2.12. The van der Waals surface area contributed by atoms with Gasteiger partial charge in [-0.3, -0.25) is 4.98 Å². The second kappa shape index (κ2) is 6.00. The number of rotatable bonds is 0. The lowest BCUT2D eigenvalue weighted by Crippen LogP contribution is -1.95. The Morgan fingerprint density at radius 3 is 2.13 bits per heavy atom. The van der Waals surface area contributed by atoms with Crippen LogP contribution in [0.3, 0.4) is 0 Å². The molecule has 1 aliphatic heterocycles. The standard InChI is InChI=1S/C22H21N/c1-16-12-22-20-11-5-9-18(14-20)7-3-2-6-17-8-4-10-19(13-17)21(16)15-23-22/h4-5,8-15H,2-3,6-7H2,1H3. The molecule has 1 aliphatic carbocycles. The molecule has 0 amide bonds. The zero-order valence-electron chi connectivity index (χ0n) is 13.5. The van der Waals surface area contributed by atoms with E-state index in [1.807, 2.05) is 6.20 Å². The van der Waals surface area contributed by atoms with Crippen LogP contribution in [0.25, 0.3) is 22.4 Å². The van der Waals surface area contributed by atoms with Crippen LogP contribution in [0, 0.1) is 6.92 Å². The molecule has 1 heteroatoms. The van der Waals surface area contributed by atoms with Crippen LogP contribution in [-0.4, -0.2) is 4.98 Å². The van der Waals surface area contributed by atoms with E-state index in [2.05, 4.69) is 61.5 Å². The van der Waals surface area contributed by atoms with Gasteiger partial charge in [-0.2, -0.15) is 0 Å². The second-order valence-corrected chi connectivity index (χ2v) is 6.49. The molecule has 0 fully saturated rings. The van der Waals surface area contributed by atoms with Gasteiger partial charge in [0.15, 0.2) is 0 Å². The number of fused-ring (bicyclic) bond motifs is 5. The Balaban J connectivity index is 1.88. The first-order chi connectivity index (χ1) is 11.3. The lowest BCUT2D eigenvalue weighted by atomic mass is 9.95. The Kier molecular flexibility index (Phi) is 3.70.